The van der Waals surface area contributed by atoms with Crippen molar-refractivity contribution in [2.24, 2.45) is 22.7 Å². The Kier molecular flexibility index (Phi) is 5.43. The van der Waals surface area contributed by atoms with Crippen LogP contribution in [0.2, 0.25) is 0 Å². The summed E-state index contributed by atoms with van der Waals surface area (Å²) in [6, 6.07) is 0. The lowest BCUT2D eigenvalue weighted by Crippen LogP contribution is -2.45. The van der Waals surface area contributed by atoms with E-state index < -0.39 is 5.97 Å². The smallest absolute Gasteiger partial charge is 0.303 e. The second-order valence-corrected chi connectivity index (χ2v) is 8.69. The topological polar surface area (TPSA) is 37.3 Å². The number of carbonyl (C=O) groups is 1. The van der Waals surface area contributed by atoms with E-state index in [0.717, 1.165) is 19.3 Å². The number of hydrogen-bond acceptors (Lipinski definition) is 1. The molecule has 0 heterocycles. The Labute approximate surface area is 142 Å². The highest BCUT2D eigenvalue weighted by Gasteiger charge is 2.50. The first-order valence-corrected chi connectivity index (χ1v) is 9.26. The van der Waals surface area contributed by atoms with Gasteiger partial charge in [-0.1, -0.05) is 44.4 Å². The molecule has 0 aliphatic heterocycles. The molecule has 0 saturated heterocycles. The van der Waals surface area contributed by atoms with Gasteiger partial charge < -0.3 is 5.11 Å². The van der Waals surface area contributed by atoms with Gasteiger partial charge in [-0.25, -0.2) is 0 Å². The van der Waals surface area contributed by atoms with E-state index in [-0.39, 0.29) is 10.8 Å². The van der Waals surface area contributed by atoms with Crippen LogP contribution in [-0.4, -0.2) is 11.1 Å². The Balaban J connectivity index is 2.24. The van der Waals surface area contributed by atoms with Crippen molar-refractivity contribution >= 4 is 5.97 Å². The molecule has 4 atom stereocenters. The first-order valence-electron chi connectivity index (χ1n) is 9.26. The van der Waals surface area contributed by atoms with E-state index in [1.54, 1.807) is 5.57 Å². The van der Waals surface area contributed by atoms with Gasteiger partial charge in [-0.05, 0) is 68.1 Å². The maximum atomic E-state index is 11.5. The van der Waals surface area contributed by atoms with Gasteiger partial charge in [0.25, 0.3) is 0 Å². The summed E-state index contributed by atoms with van der Waals surface area (Å²) < 4.78 is 0. The molecule has 2 aliphatic carbocycles. The van der Waals surface area contributed by atoms with Crippen LogP contribution >= 0.6 is 0 Å². The molecule has 0 aromatic rings. The van der Waals surface area contributed by atoms with E-state index in [4.69, 9.17) is 0 Å². The third kappa shape index (κ3) is 3.72. The molecule has 23 heavy (non-hydrogen) atoms. The number of rotatable bonds is 6. The Morgan fingerprint density at radius 2 is 2.13 bits per heavy atom. The molecule has 2 heteroatoms. The standard InChI is InChI=1S/C21H34O2/c1-15(2)8-6-12-20(4)13-7-9-18-17(20)11-10-16(3)21(18,5)14-19(22)23/h11,16,18H,1,6-10,12-14H2,2-5H3,(H,22,23)/t16-,18-,20-,21-/m0/s1. The fraction of sp³-hybridized carbons (Fsp3) is 0.762. The quantitative estimate of drug-likeness (QED) is 0.611. The molecule has 0 bridgehead atoms. The summed E-state index contributed by atoms with van der Waals surface area (Å²) in [6.07, 6.45) is 11.0. The molecule has 0 unspecified atom stereocenters. The first-order chi connectivity index (χ1) is 10.7. The highest BCUT2D eigenvalue weighted by atomic mass is 16.4. The zero-order valence-corrected chi connectivity index (χ0v) is 15.5. The van der Waals surface area contributed by atoms with Crippen molar-refractivity contribution in [3.05, 3.63) is 23.8 Å². The molecule has 0 aromatic heterocycles. The number of hydrogen-bond donors (Lipinski definition) is 1. The van der Waals surface area contributed by atoms with Crippen molar-refractivity contribution in [3.8, 4) is 0 Å². The fourth-order valence-corrected chi connectivity index (χ4v) is 5.08. The van der Waals surface area contributed by atoms with E-state index in [2.05, 4.69) is 40.3 Å². The van der Waals surface area contributed by atoms with E-state index in [0.29, 0.717) is 18.3 Å². The predicted molar refractivity (Wildman–Crippen MR) is 96.3 cm³/mol. The van der Waals surface area contributed by atoms with Crippen molar-refractivity contribution in [3.63, 3.8) is 0 Å². The van der Waals surface area contributed by atoms with Crippen molar-refractivity contribution in [2.75, 3.05) is 0 Å². The zero-order valence-electron chi connectivity index (χ0n) is 15.5. The van der Waals surface area contributed by atoms with Gasteiger partial charge in [-0.3, -0.25) is 4.79 Å². The molecule has 2 aliphatic rings. The van der Waals surface area contributed by atoms with Crippen molar-refractivity contribution in [1.29, 1.82) is 0 Å². The van der Waals surface area contributed by atoms with Crippen LogP contribution in [0.1, 0.15) is 79.1 Å². The Morgan fingerprint density at radius 3 is 2.74 bits per heavy atom. The number of carboxylic acids is 1. The van der Waals surface area contributed by atoms with Gasteiger partial charge >= 0.3 is 5.97 Å². The van der Waals surface area contributed by atoms with Gasteiger partial charge in [-0.15, -0.1) is 6.58 Å². The molecule has 0 amide bonds. The summed E-state index contributed by atoms with van der Waals surface area (Å²) in [6.45, 7) is 13.0. The molecule has 0 aromatic carbocycles. The SMILES string of the molecule is C=C(C)CCC[C@@]1(C)CCC[C@H]2C1=CC[C@H](C)[C@]2(C)CC(=O)O. The Morgan fingerprint density at radius 1 is 1.43 bits per heavy atom. The fourth-order valence-electron chi connectivity index (χ4n) is 5.08. The summed E-state index contributed by atoms with van der Waals surface area (Å²) in [5.41, 5.74) is 3.01. The van der Waals surface area contributed by atoms with Crippen LogP contribution in [0.3, 0.4) is 0 Å². The predicted octanol–water partition coefficient (Wildman–Crippen LogP) is 5.99. The summed E-state index contributed by atoms with van der Waals surface area (Å²) in [5, 5.41) is 9.44. The minimum absolute atomic E-state index is 0.0913. The molecule has 0 radical (unpaired) electrons. The van der Waals surface area contributed by atoms with E-state index >= 15 is 0 Å². The summed E-state index contributed by atoms with van der Waals surface area (Å²) in [5.74, 6) is 0.256. The third-order valence-corrected chi connectivity index (χ3v) is 6.77. The summed E-state index contributed by atoms with van der Waals surface area (Å²) in [4.78, 5) is 11.5. The van der Waals surface area contributed by atoms with E-state index in [1.165, 1.54) is 31.3 Å². The van der Waals surface area contributed by atoms with Gasteiger partial charge in [0, 0.05) is 0 Å². The molecular weight excluding hydrogens is 284 g/mol. The normalized spacial score (nSPS) is 37.0. The number of allylic oxidation sites excluding steroid dienone is 3. The minimum atomic E-state index is -0.643. The number of carboxylic acid groups (broad SMARTS) is 1. The van der Waals surface area contributed by atoms with Crippen LogP contribution in [-0.2, 0) is 4.79 Å². The average molecular weight is 319 g/mol. The molecule has 1 saturated carbocycles. The van der Waals surface area contributed by atoms with Crippen LogP contribution < -0.4 is 0 Å². The van der Waals surface area contributed by atoms with Gasteiger partial charge in [0.15, 0.2) is 0 Å². The molecule has 0 spiro atoms. The third-order valence-electron chi connectivity index (χ3n) is 6.77. The summed E-state index contributed by atoms with van der Waals surface area (Å²) in [7, 11) is 0. The number of aliphatic carboxylic acids is 1. The largest absolute Gasteiger partial charge is 0.481 e. The summed E-state index contributed by atoms with van der Waals surface area (Å²) >= 11 is 0. The lowest BCUT2D eigenvalue weighted by Gasteiger charge is -2.53. The second kappa shape index (κ2) is 6.83. The van der Waals surface area contributed by atoms with Gasteiger partial charge in [0.1, 0.15) is 0 Å². The molecule has 1 fully saturated rings. The zero-order chi connectivity index (χ0) is 17.3. The Bertz CT molecular complexity index is 504. The van der Waals surface area contributed by atoms with Crippen LogP contribution in [0.15, 0.2) is 23.8 Å². The maximum Gasteiger partial charge on any atom is 0.303 e. The van der Waals surface area contributed by atoms with Gasteiger partial charge in [-0.2, -0.15) is 0 Å². The van der Waals surface area contributed by atoms with Crippen molar-refractivity contribution < 1.29 is 9.90 Å². The monoisotopic (exact) mass is 318 g/mol. The number of fused-ring (bicyclic) bond motifs is 1. The molecule has 2 rings (SSSR count). The van der Waals surface area contributed by atoms with Gasteiger partial charge in [0.05, 0.1) is 6.42 Å². The van der Waals surface area contributed by atoms with Crippen molar-refractivity contribution in [1.82, 2.24) is 0 Å². The van der Waals surface area contributed by atoms with E-state index in [9.17, 15) is 9.90 Å². The van der Waals surface area contributed by atoms with Crippen LogP contribution in [0.25, 0.3) is 0 Å². The minimum Gasteiger partial charge on any atom is -0.481 e. The highest BCUT2D eigenvalue weighted by Crippen LogP contribution is 2.59. The van der Waals surface area contributed by atoms with Crippen LogP contribution in [0.5, 0.6) is 0 Å². The lowest BCUT2D eigenvalue weighted by atomic mass is 9.51. The lowest BCUT2D eigenvalue weighted by molar-refractivity contribution is -0.142. The molecular formula is C21H34O2. The highest BCUT2D eigenvalue weighted by molar-refractivity contribution is 5.68. The molecule has 2 nitrogen and oxygen atoms in total. The van der Waals surface area contributed by atoms with Crippen LogP contribution in [0.4, 0.5) is 0 Å². The first kappa shape index (κ1) is 18.3. The van der Waals surface area contributed by atoms with E-state index in [1.807, 2.05) is 0 Å². The van der Waals surface area contributed by atoms with Crippen molar-refractivity contribution in [2.45, 2.75) is 79.1 Å². The van der Waals surface area contributed by atoms with Crippen LogP contribution in [0, 0.1) is 22.7 Å². The Hall–Kier alpha value is -1.05. The second-order valence-electron chi connectivity index (χ2n) is 8.69. The molecule has 1 N–H and O–H groups in total. The maximum absolute atomic E-state index is 11.5. The molecule has 130 valence electrons. The van der Waals surface area contributed by atoms with Gasteiger partial charge in [0.2, 0.25) is 0 Å². The average Bonchev–Trinajstić information content (AvgIpc) is 2.42.